The molecule has 3 atom stereocenters. The first-order valence-corrected chi connectivity index (χ1v) is 10.8. The highest BCUT2D eigenvalue weighted by atomic mass is 79.9. The molecule has 158 valence electrons. The van der Waals surface area contributed by atoms with Gasteiger partial charge in [0.15, 0.2) is 17.0 Å². The number of carbonyl (C=O) groups excluding carboxylic acids is 1. The van der Waals surface area contributed by atoms with Gasteiger partial charge in [-0.1, -0.05) is 58.4 Å². The summed E-state index contributed by atoms with van der Waals surface area (Å²) < 4.78 is 18.5. The van der Waals surface area contributed by atoms with Crippen molar-refractivity contribution in [1.29, 1.82) is 0 Å². The molecule has 0 radical (unpaired) electrons. The predicted octanol–water partition coefficient (Wildman–Crippen LogP) is 4.70. The number of methoxy groups -OCH3 is 2. The Balaban J connectivity index is 1.83. The minimum Gasteiger partial charge on any atom is -0.496 e. The average Bonchev–Trinajstić information content (AvgIpc) is 3.19. The summed E-state index contributed by atoms with van der Waals surface area (Å²) in [4.78, 5) is 13.6. The summed E-state index contributed by atoms with van der Waals surface area (Å²) in [6, 6.07) is 20.6. The molecule has 6 heteroatoms. The fourth-order valence-electron chi connectivity index (χ4n) is 5.07. The zero-order chi connectivity index (χ0) is 21.8. The van der Waals surface area contributed by atoms with E-state index in [2.05, 4.69) is 15.9 Å². The van der Waals surface area contributed by atoms with Crippen LogP contribution in [-0.4, -0.2) is 25.1 Å². The Morgan fingerprint density at radius 2 is 1.74 bits per heavy atom. The van der Waals surface area contributed by atoms with Gasteiger partial charge in [0.05, 0.1) is 19.8 Å². The number of rotatable bonds is 4. The fraction of sp³-hybridized carbons (Fsp3) is 0.240. The van der Waals surface area contributed by atoms with Crippen LogP contribution in [-0.2, 0) is 16.0 Å². The van der Waals surface area contributed by atoms with Gasteiger partial charge in [0.2, 0.25) is 0 Å². The van der Waals surface area contributed by atoms with Gasteiger partial charge in [0, 0.05) is 28.9 Å². The predicted molar refractivity (Wildman–Crippen MR) is 119 cm³/mol. The van der Waals surface area contributed by atoms with Crippen molar-refractivity contribution < 1.29 is 24.1 Å². The quantitative estimate of drug-likeness (QED) is 0.586. The van der Waals surface area contributed by atoms with Crippen LogP contribution in [0.3, 0.4) is 0 Å². The molecule has 5 rings (SSSR count). The number of benzene rings is 3. The number of hydrogen-bond acceptors (Lipinski definition) is 5. The average molecular weight is 481 g/mol. The van der Waals surface area contributed by atoms with Crippen LogP contribution in [0.1, 0.15) is 29.0 Å². The number of halogens is 1. The van der Waals surface area contributed by atoms with Gasteiger partial charge in [-0.15, -0.1) is 0 Å². The normalized spacial score (nSPS) is 26.2. The first kappa shape index (κ1) is 20.1. The van der Waals surface area contributed by atoms with E-state index in [1.54, 1.807) is 19.2 Å². The molecule has 3 aromatic rings. The largest absolute Gasteiger partial charge is 0.496 e. The van der Waals surface area contributed by atoms with Crippen LogP contribution in [0.4, 0.5) is 0 Å². The van der Waals surface area contributed by atoms with E-state index in [0.717, 1.165) is 15.6 Å². The molecule has 5 nitrogen and oxygen atoms in total. The van der Waals surface area contributed by atoms with Crippen LogP contribution < -0.4 is 14.2 Å². The molecule has 1 heterocycles. The second-order valence-electron chi connectivity index (χ2n) is 7.85. The van der Waals surface area contributed by atoms with Crippen molar-refractivity contribution >= 4 is 21.7 Å². The molecule has 0 spiro atoms. The van der Waals surface area contributed by atoms with Crippen molar-refractivity contribution in [2.24, 2.45) is 0 Å². The van der Waals surface area contributed by atoms with Gasteiger partial charge in [0.25, 0.3) is 0 Å². The Morgan fingerprint density at radius 3 is 2.39 bits per heavy atom. The number of ether oxygens (including phenoxy) is 3. The number of fused-ring (bicyclic) bond motifs is 3. The standard InChI is InChI=1S/C25H21BrO5/c1-29-18-12-20(30-2)23-21(13-18)31-25(16-8-10-17(26)11-9-16)19(14-22(27)24(23,25)28)15-6-4-3-5-7-15/h3-13,19,28H,14H2,1-2H3/t19-,24+,25-/m0/s1. The second kappa shape index (κ2) is 7.11. The molecular formula is C25H21BrO5. The Morgan fingerprint density at radius 1 is 1.03 bits per heavy atom. The Kier molecular flexibility index (Phi) is 4.61. The lowest BCUT2D eigenvalue weighted by molar-refractivity contribution is -0.151. The van der Waals surface area contributed by atoms with Crippen molar-refractivity contribution in [1.82, 2.24) is 0 Å². The molecule has 0 unspecified atom stereocenters. The minimum absolute atomic E-state index is 0.144. The maximum atomic E-state index is 13.6. The third kappa shape index (κ3) is 2.61. The molecule has 0 saturated heterocycles. The van der Waals surface area contributed by atoms with Crippen LogP contribution in [0.25, 0.3) is 0 Å². The molecule has 31 heavy (non-hydrogen) atoms. The summed E-state index contributed by atoms with van der Waals surface area (Å²) in [6.45, 7) is 0. The van der Waals surface area contributed by atoms with Crippen molar-refractivity contribution in [2.75, 3.05) is 14.2 Å². The first-order valence-electron chi connectivity index (χ1n) is 9.98. The number of carbonyl (C=O) groups is 1. The molecule has 2 aliphatic rings. The Labute approximate surface area is 188 Å². The zero-order valence-corrected chi connectivity index (χ0v) is 18.7. The smallest absolute Gasteiger partial charge is 0.200 e. The lowest BCUT2D eigenvalue weighted by Crippen LogP contribution is -2.50. The van der Waals surface area contributed by atoms with E-state index >= 15 is 0 Å². The molecule has 1 aliphatic carbocycles. The fourth-order valence-corrected chi connectivity index (χ4v) is 5.33. The SMILES string of the molecule is COc1cc(OC)c2c(c1)O[C@@]1(c3ccc(Br)cc3)[C@H](c3ccccc3)CC(=O)[C@@]21O. The van der Waals surface area contributed by atoms with Gasteiger partial charge in [-0.3, -0.25) is 4.79 Å². The lowest BCUT2D eigenvalue weighted by Gasteiger charge is -2.39. The summed E-state index contributed by atoms with van der Waals surface area (Å²) >= 11 is 3.47. The van der Waals surface area contributed by atoms with Gasteiger partial charge in [0.1, 0.15) is 17.2 Å². The maximum absolute atomic E-state index is 13.6. The third-order valence-electron chi connectivity index (χ3n) is 6.42. The molecular weight excluding hydrogens is 460 g/mol. The summed E-state index contributed by atoms with van der Waals surface area (Å²) in [5.74, 6) is 0.573. The van der Waals surface area contributed by atoms with Crippen molar-refractivity contribution in [3.63, 3.8) is 0 Å². The summed E-state index contributed by atoms with van der Waals surface area (Å²) in [5.41, 5.74) is -1.26. The number of hydrogen-bond donors (Lipinski definition) is 1. The van der Waals surface area contributed by atoms with E-state index in [1.807, 2.05) is 54.6 Å². The van der Waals surface area contributed by atoms with Crippen molar-refractivity contribution in [2.45, 2.75) is 23.5 Å². The first-order chi connectivity index (χ1) is 15.0. The third-order valence-corrected chi connectivity index (χ3v) is 6.95. The van der Waals surface area contributed by atoms with Gasteiger partial charge in [-0.2, -0.15) is 0 Å². The molecule has 3 aromatic carbocycles. The summed E-state index contributed by atoms with van der Waals surface area (Å²) in [6.07, 6.45) is 0.144. The van der Waals surface area contributed by atoms with E-state index in [9.17, 15) is 9.90 Å². The monoisotopic (exact) mass is 480 g/mol. The minimum atomic E-state index is -1.91. The second-order valence-corrected chi connectivity index (χ2v) is 8.76. The van der Waals surface area contributed by atoms with Crippen LogP contribution in [0.5, 0.6) is 17.2 Å². The molecule has 1 aliphatic heterocycles. The number of ketones is 1. The molecule has 0 aromatic heterocycles. The van der Waals surface area contributed by atoms with Crippen LogP contribution >= 0.6 is 15.9 Å². The van der Waals surface area contributed by atoms with Crippen LogP contribution in [0.15, 0.2) is 71.2 Å². The van der Waals surface area contributed by atoms with Gasteiger partial charge >= 0.3 is 0 Å². The van der Waals surface area contributed by atoms with E-state index in [0.29, 0.717) is 22.8 Å². The van der Waals surface area contributed by atoms with E-state index in [1.165, 1.54) is 7.11 Å². The molecule has 1 N–H and O–H groups in total. The molecule has 0 amide bonds. The molecule has 0 bridgehead atoms. The van der Waals surface area contributed by atoms with Gasteiger partial charge < -0.3 is 19.3 Å². The number of aliphatic hydroxyl groups is 1. The van der Waals surface area contributed by atoms with E-state index in [-0.39, 0.29) is 12.2 Å². The summed E-state index contributed by atoms with van der Waals surface area (Å²) in [7, 11) is 3.06. The highest BCUT2D eigenvalue weighted by molar-refractivity contribution is 9.10. The zero-order valence-electron chi connectivity index (χ0n) is 17.1. The van der Waals surface area contributed by atoms with Crippen molar-refractivity contribution in [3.05, 3.63) is 87.9 Å². The van der Waals surface area contributed by atoms with E-state index in [4.69, 9.17) is 14.2 Å². The molecule has 1 saturated carbocycles. The van der Waals surface area contributed by atoms with Gasteiger partial charge in [-0.05, 0) is 23.3 Å². The van der Waals surface area contributed by atoms with Crippen LogP contribution in [0, 0.1) is 0 Å². The van der Waals surface area contributed by atoms with Crippen molar-refractivity contribution in [3.8, 4) is 17.2 Å². The maximum Gasteiger partial charge on any atom is 0.200 e. The Bertz CT molecular complexity index is 1160. The van der Waals surface area contributed by atoms with E-state index < -0.39 is 17.1 Å². The topological polar surface area (TPSA) is 65.0 Å². The summed E-state index contributed by atoms with van der Waals surface area (Å²) in [5, 5.41) is 12.2. The Hall–Kier alpha value is -2.83. The highest BCUT2D eigenvalue weighted by Gasteiger charge is 2.74. The number of Topliss-reactive ketones (excluding diaryl/α,β-unsaturated/α-hetero) is 1. The highest BCUT2D eigenvalue weighted by Crippen LogP contribution is 2.67. The molecule has 1 fully saturated rings. The van der Waals surface area contributed by atoms with Crippen LogP contribution in [0.2, 0.25) is 0 Å². The van der Waals surface area contributed by atoms with Gasteiger partial charge in [-0.25, -0.2) is 0 Å². The lowest BCUT2D eigenvalue weighted by atomic mass is 9.71.